The van der Waals surface area contributed by atoms with Gasteiger partial charge in [0.25, 0.3) is 0 Å². The number of benzene rings is 1. The Hall–Kier alpha value is -0.690. The minimum absolute atomic E-state index is 0.241. The van der Waals surface area contributed by atoms with Crippen molar-refractivity contribution >= 4 is 11.6 Å². The fourth-order valence-corrected chi connectivity index (χ4v) is 2.03. The van der Waals surface area contributed by atoms with Crippen molar-refractivity contribution in [3.8, 4) is 5.75 Å². The molecule has 0 amide bonds. The van der Waals surface area contributed by atoms with E-state index in [9.17, 15) is 0 Å². The minimum atomic E-state index is 0.241. The van der Waals surface area contributed by atoms with Crippen molar-refractivity contribution < 1.29 is 4.74 Å². The molecule has 0 N–H and O–H groups in total. The maximum absolute atomic E-state index is 6.26. The summed E-state index contributed by atoms with van der Waals surface area (Å²) in [5, 5.41) is 0.241. The lowest BCUT2D eigenvalue weighted by Gasteiger charge is -2.18. The van der Waals surface area contributed by atoms with Gasteiger partial charge in [0.2, 0.25) is 0 Å². The van der Waals surface area contributed by atoms with Gasteiger partial charge in [-0.25, -0.2) is 0 Å². The van der Waals surface area contributed by atoms with Gasteiger partial charge in [0.05, 0.1) is 7.11 Å². The first-order valence-electron chi connectivity index (χ1n) is 5.86. The summed E-state index contributed by atoms with van der Waals surface area (Å²) in [7, 11) is 1.72. The number of hydrogen-bond acceptors (Lipinski definition) is 1. The van der Waals surface area contributed by atoms with Crippen LogP contribution in [0.4, 0.5) is 0 Å². The molecule has 0 aromatic heterocycles. The second kappa shape index (κ2) is 6.15. The molecule has 2 heteroatoms. The molecular weight excluding hydrogens is 220 g/mol. The van der Waals surface area contributed by atoms with Gasteiger partial charge in [-0.2, -0.15) is 0 Å². The smallest absolute Gasteiger partial charge is 0.122 e. The zero-order chi connectivity index (χ0) is 12.1. The molecule has 16 heavy (non-hydrogen) atoms. The van der Waals surface area contributed by atoms with Gasteiger partial charge in [-0.05, 0) is 37.3 Å². The summed E-state index contributed by atoms with van der Waals surface area (Å²) >= 11 is 6.26. The SMILES string of the molecule is CCC(Cl)C(C)Cc1cc(C)ccc1OC. The van der Waals surface area contributed by atoms with Gasteiger partial charge in [-0.3, -0.25) is 0 Å². The van der Waals surface area contributed by atoms with Gasteiger partial charge in [-0.1, -0.05) is 31.5 Å². The molecule has 1 rings (SSSR count). The summed E-state index contributed by atoms with van der Waals surface area (Å²) in [6.07, 6.45) is 1.99. The molecule has 90 valence electrons. The molecule has 0 bridgehead atoms. The van der Waals surface area contributed by atoms with Crippen molar-refractivity contribution in [1.29, 1.82) is 0 Å². The monoisotopic (exact) mass is 240 g/mol. The highest BCUT2D eigenvalue weighted by atomic mass is 35.5. The second-order valence-corrected chi connectivity index (χ2v) is 4.98. The molecule has 0 aliphatic rings. The molecular formula is C14H21ClO. The summed E-state index contributed by atoms with van der Waals surface area (Å²) in [5.74, 6) is 1.44. The van der Waals surface area contributed by atoms with Gasteiger partial charge >= 0.3 is 0 Å². The van der Waals surface area contributed by atoms with E-state index in [0.717, 1.165) is 18.6 Å². The summed E-state index contributed by atoms with van der Waals surface area (Å²) in [5.41, 5.74) is 2.53. The number of methoxy groups -OCH3 is 1. The number of halogens is 1. The fraction of sp³-hybridized carbons (Fsp3) is 0.571. The molecule has 1 aromatic carbocycles. The number of aryl methyl sites for hydroxylation is 1. The topological polar surface area (TPSA) is 9.23 Å². The molecule has 0 fully saturated rings. The van der Waals surface area contributed by atoms with E-state index in [2.05, 4.69) is 32.9 Å². The Bertz CT molecular complexity index is 336. The molecule has 1 nitrogen and oxygen atoms in total. The predicted octanol–water partition coefficient (Wildman–Crippen LogP) is 4.20. The van der Waals surface area contributed by atoms with Gasteiger partial charge in [-0.15, -0.1) is 11.6 Å². The molecule has 2 atom stereocenters. The van der Waals surface area contributed by atoms with Gasteiger partial charge in [0, 0.05) is 5.38 Å². The third kappa shape index (κ3) is 3.41. The normalized spacial score (nSPS) is 14.6. The van der Waals surface area contributed by atoms with E-state index < -0.39 is 0 Å². The van der Waals surface area contributed by atoms with E-state index in [1.54, 1.807) is 7.11 Å². The molecule has 0 spiro atoms. The number of hydrogen-bond donors (Lipinski definition) is 0. The number of alkyl halides is 1. The average molecular weight is 241 g/mol. The maximum atomic E-state index is 6.26. The molecule has 0 saturated heterocycles. The predicted molar refractivity (Wildman–Crippen MR) is 70.5 cm³/mol. The Kier molecular flexibility index (Phi) is 5.14. The van der Waals surface area contributed by atoms with Crippen molar-refractivity contribution in [3.05, 3.63) is 29.3 Å². The van der Waals surface area contributed by atoms with Crippen LogP contribution in [0.25, 0.3) is 0 Å². The molecule has 0 heterocycles. The van der Waals surface area contributed by atoms with Gasteiger partial charge in [0.1, 0.15) is 5.75 Å². The van der Waals surface area contributed by atoms with Gasteiger partial charge in [0.15, 0.2) is 0 Å². The standard InChI is InChI=1S/C14H21ClO/c1-5-13(15)11(3)9-12-8-10(2)6-7-14(12)16-4/h6-8,11,13H,5,9H2,1-4H3. The highest BCUT2D eigenvalue weighted by Gasteiger charge is 2.15. The molecule has 0 aliphatic heterocycles. The summed E-state index contributed by atoms with van der Waals surface area (Å²) < 4.78 is 5.37. The highest BCUT2D eigenvalue weighted by Crippen LogP contribution is 2.26. The minimum Gasteiger partial charge on any atom is -0.496 e. The van der Waals surface area contributed by atoms with E-state index in [0.29, 0.717) is 5.92 Å². The van der Waals surface area contributed by atoms with E-state index in [1.165, 1.54) is 11.1 Å². The van der Waals surface area contributed by atoms with E-state index in [4.69, 9.17) is 16.3 Å². The van der Waals surface area contributed by atoms with Crippen LogP contribution >= 0.6 is 11.6 Å². The van der Waals surface area contributed by atoms with Crippen molar-refractivity contribution in [2.45, 2.75) is 39.0 Å². The zero-order valence-electron chi connectivity index (χ0n) is 10.6. The lowest BCUT2D eigenvalue weighted by molar-refractivity contribution is 0.404. The van der Waals surface area contributed by atoms with E-state index >= 15 is 0 Å². The second-order valence-electron chi connectivity index (χ2n) is 4.42. The Morgan fingerprint density at radius 2 is 2.06 bits per heavy atom. The molecule has 0 aliphatic carbocycles. The first-order valence-corrected chi connectivity index (χ1v) is 6.29. The van der Waals surface area contributed by atoms with Crippen molar-refractivity contribution in [2.24, 2.45) is 5.92 Å². The fourth-order valence-electron chi connectivity index (χ4n) is 1.94. The highest BCUT2D eigenvalue weighted by molar-refractivity contribution is 6.20. The molecule has 1 aromatic rings. The number of ether oxygens (including phenoxy) is 1. The average Bonchev–Trinajstić information content (AvgIpc) is 2.28. The number of rotatable bonds is 5. The van der Waals surface area contributed by atoms with E-state index in [-0.39, 0.29) is 5.38 Å². The van der Waals surface area contributed by atoms with Crippen molar-refractivity contribution in [2.75, 3.05) is 7.11 Å². The van der Waals surface area contributed by atoms with Gasteiger partial charge < -0.3 is 4.74 Å². The van der Waals surface area contributed by atoms with E-state index in [1.807, 2.05) is 6.07 Å². The van der Waals surface area contributed by atoms with Crippen LogP contribution in [0.2, 0.25) is 0 Å². The Morgan fingerprint density at radius 1 is 1.38 bits per heavy atom. The summed E-state index contributed by atoms with van der Waals surface area (Å²) in [6.45, 7) is 6.43. The quantitative estimate of drug-likeness (QED) is 0.701. The summed E-state index contributed by atoms with van der Waals surface area (Å²) in [4.78, 5) is 0. The molecule has 2 unspecified atom stereocenters. The molecule has 0 radical (unpaired) electrons. The van der Waals surface area contributed by atoms with Crippen LogP contribution in [0.15, 0.2) is 18.2 Å². The van der Waals surface area contributed by atoms with Crippen LogP contribution < -0.4 is 4.74 Å². The Labute approximate surface area is 104 Å². The maximum Gasteiger partial charge on any atom is 0.122 e. The third-order valence-electron chi connectivity index (χ3n) is 2.99. The van der Waals surface area contributed by atoms with Crippen LogP contribution in [0.3, 0.4) is 0 Å². The lowest BCUT2D eigenvalue weighted by Crippen LogP contribution is -2.13. The Morgan fingerprint density at radius 3 is 2.62 bits per heavy atom. The van der Waals surface area contributed by atoms with Crippen LogP contribution in [-0.2, 0) is 6.42 Å². The van der Waals surface area contributed by atoms with Crippen molar-refractivity contribution in [1.82, 2.24) is 0 Å². The Balaban J connectivity index is 2.82. The third-order valence-corrected chi connectivity index (χ3v) is 3.72. The lowest BCUT2D eigenvalue weighted by atomic mass is 9.95. The largest absolute Gasteiger partial charge is 0.496 e. The summed E-state index contributed by atoms with van der Waals surface area (Å²) in [6, 6.07) is 6.30. The van der Waals surface area contributed by atoms with Crippen LogP contribution in [0.1, 0.15) is 31.4 Å². The first kappa shape index (κ1) is 13.4. The zero-order valence-corrected chi connectivity index (χ0v) is 11.3. The first-order chi connectivity index (χ1) is 7.58. The molecule has 0 saturated carbocycles. The van der Waals surface area contributed by atoms with Crippen LogP contribution in [0, 0.1) is 12.8 Å². The van der Waals surface area contributed by atoms with Crippen LogP contribution in [0.5, 0.6) is 5.75 Å². The van der Waals surface area contributed by atoms with Crippen LogP contribution in [-0.4, -0.2) is 12.5 Å². The van der Waals surface area contributed by atoms with Crippen molar-refractivity contribution in [3.63, 3.8) is 0 Å².